The van der Waals surface area contributed by atoms with Gasteiger partial charge in [-0.05, 0) is 29.8 Å². The Hall–Kier alpha value is -1.84. The number of nitrogens with two attached hydrogens (primary N) is 1. The predicted octanol–water partition coefficient (Wildman–Crippen LogP) is 3.85. The van der Waals surface area contributed by atoms with Crippen LogP contribution in [0.25, 0.3) is 11.3 Å². The second-order valence-electron chi connectivity index (χ2n) is 2.71. The van der Waals surface area contributed by atoms with E-state index in [1.807, 2.05) is 27.7 Å². The smallest absolute Gasteiger partial charge is 0.145 e. The van der Waals surface area contributed by atoms with Crippen molar-refractivity contribution < 1.29 is 4.39 Å². The zero-order valence-corrected chi connectivity index (χ0v) is 10.8. The molecule has 0 fully saturated rings. The number of anilines is 1. The van der Waals surface area contributed by atoms with E-state index in [4.69, 9.17) is 5.73 Å². The Balaban J connectivity index is 0.000000581. The molecule has 0 aliphatic heterocycles. The number of halogens is 1. The normalized spacial score (nSPS) is 8.53. The second-order valence-corrected chi connectivity index (χ2v) is 2.71. The molecule has 1 heterocycles. The van der Waals surface area contributed by atoms with Gasteiger partial charge in [0.2, 0.25) is 0 Å². The molecule has 0 saturated heterocycles. The standard InChI is InChI=1S/C9H8FN3.2C2H6/c10-7-3-1-6(2-4-7)8-5-9(11)13-12-8;2*1-2/h1-5H,(H3,11,12,13);2*1-2H3. The Morgan fingerprint density at radius 1 is 1.06 bits per heavy atom. The van der Waals surface area contributed by atoms with E-state index >= 15 is 0 Å². The Morgan fingerprint density at radius 2 is 1.59 bits per heavy atom. The molecule has 1 aromatic heterocycles. The van der Waals surface area contributed by atoms with E-state index < -0.39 is 0 Å². The van der Waals surface area contributed by atoms with Crippen LogP contribution in [0.15, 0.2) is 30.3 Å². The first-order chi connectivity index (χ1) is 8.25. The maximum Gasteiger partial charge on any atom is 0.145 e. The van der Waals surface area contributed by atoms with E-state index in [1.54, 1.807) is 18.2 Å². The molecular formula is C13H20FN3. The fourth-order valence-corrected chi connectivity index (χ4v) is 1.11. The molecule has 0 spiro atoms. The van der Waals surface area contributed by atoms with Crippen LogP contribution in [0.5, 0.6) is 0 Å². The highest BCUT2D eigenvalue weighted by Crippen LogP contribution is 2.18. The zero-order valence-electron chi connectivity index (χ0n) is 10.8. The highest BCUT2D eigenvalue weighted by atomic mass is 19.1. The lowest BCUT2D eigenvalue weighted by atomic mass is 10.1. The van der Waals surface area contributed by atoms with Crippen molar-refractivity contribution in [3.8, 4) is 11.3 Å². The van der Waals surface area contributed by atoms with Gasteiger partial charge >= 0.3 is 0 Å². The summed E-state index contributed by atoms with van der Waals surface area (Å²) in [7, 11) is 0. The summed E-state index contributed by atoms with van der Waals surface area (Å²) in [5.74, 6) is 0.176. The Morgan fingerprint density at radius 3 is 2.00 bits per heavy atom. The summed E-state index contributed by atoms with van der Waals surface area (Å²) < 4.78 is 12.6. The third kappa shape index (κ3) is 4.68. The molecule has 0 aliphatic carbocycles. The number of aromatic nitrogens is 2. The van der Waals surface area contributed by atoms with Gasteiger partial charge in [-0.1, -0.05) is 27.7 Å². The number of hydrogen-bond donors (Lipinski definition) is 2. The Bertz CT molecular complexity index is 407. The van der Waals surface area contributed by atoms with Crippen LogP contribution in [0.1, 0.15) is 27.7 Å². The summed E-state index contributed by atoms with van der Waals surface area (Å²) in [5.41, 5.74) is 7.09. The molecule has 3 N–H and O–H groups in total. The lowest BCUT2D eigenvalue weighted by molar-refractivity contribution is 0.628. The average molecular weight is 237 g/mol. The van der Waals surface area contributed by atoms with Gasteiger partial charge < -0.3 is 5.73 Å². The van der Waals surface area contributed by atoms with Gasteiger partial charge in [-0.2, -0.15) is 5.10 Å². The fourth-order valence-electron chi connectivity index (χ4n) is 1.11. The van der Waals surface area contributed by atoms with Crippen molar-refractivity contribution in [3.05, 3.63) is 36.1 Å². The van der Waals surface area contributed by atoms with Crippen molar-refractivity contribution >= 4 is 5.82 Å². The van der Waals surface area contributed by atoms with Gasteiger partial charge in [-0.3, -0.25) is 5.10 Å². The quantitative estimate of drug-likeness (QED) is 0.791. The van der Waals surface area contributed by atoms with Crippen molar-refractivity contribution in [3.63, 3.8) is 0 Å². The molecule has 0 amide bonds. The number of nitrogens with zero attached hydrogens (tertiary/aromatic N) is 1. The van der Waals surface area contributed by atoms with E-state index in [9.17, 15) is 4.39 Å². The van der Waals surface area contributed by atoms with E-state index in [1.165, 1.54) is 12.1 Å². The highest BCUT2D eigenvalue weighted by molar-refractivity contribution is 5.61. The molecule has 2 aromatic rings. The summed E-state index contributed by atoms with van der Waals surface area (Å²) in [5, 5.41) is 6.52. The third-order valence-corrected chi connectivity index (χ3v) is 1.75. The largest absolute Gasteiger partial charge is 0.382 e. The molecule has 0 atom stereocenters. The zero-order chi connectivity index (χ0) is 13.3. The lowest BCUT2D eigenvalue weighted by Crippen LogP contribution is -1.81. The van der Waals surface area contributed by atoms with Crippen LogP contribution in [0.3, 0.4) is 0 Å². The minimum absolute atomic E-state index is 0.253. The first-order valence-corrected chi connectivity index (χ1v) is 5.82. The van der Waals surface area contributed by atoms with Crippen LogP contribution < -0.4 is 5.73 Å². The van der Waals surface area contributed by atoms with E-state index in [-0.39, 0.29) is 5.82 Å². The lowest BCUT2D eigenvalue weighted by Gasteiger charge is -1.94. The number of rotatable bonds is 1. The number of hydrogen-bond acceptors (Lipinski definition) is 2. The van der Waals surface area contributed by atoms with Crippen molar-refractivity contribution in [2.75, 3.05) is 5.73 Å². The van der Waals surface area contributed by atoms with Crippen LogP contribution in [0.4, 0.5) is 10.2 Å². The van der Waals surface area contributed by atoms with E-state index in [2.05, 4.69) is 10.2 Å². The first kappa shape index (κ1) is 15.2. The Labute approximate surface area is 102 Å². The van der Waals surface area contributed by atoms with Gasteiger partial charge in [0.1, 0.15) is 11.6 Å². The van der Waals surface area contributed by atoms with Crippen LogP contribution in [0.2, 0.25) is 0 Å². The molecule has 3 nitrogen and oxygen atoms in total. The summed E-state index contributed by atoms with van der Waals surface area (Å²) in [6.45, 7) is 8.00. The monoisotopic (exact) mass is 237 g/mol. The number of nitrogen functional groups attached to an aromatic ring is 1. The molecule has 2 rings (SSSR count). The second kappa shape index (κ2) is 8.33. The Kier molecular flexibility index (Phi) is 7.43. The molecule has 0 radical (unpaired) electrons. The van der Waals surface area contributed by atoms with E-state index in [0.29, 0.717) is 5.82 Å². The summed E-state index contributed by atoms with van der Waals surface area (Å²) >= 11 is 0. The number of benzene rings is 1. The molecule has 17 heavy (non-hydrogen) atoms. The van der Waals surface area contributed by atoms with Crippen LogP contribution in [-0.4, -0.2) is 10.2 Å². The highest BCUT2D eigenvalue weighted by Gasteiger charge is 2.00. The van der Waals surface area contributed by atoms with Crippen molar-refractivity contribution in [1.29, 1.82) is 0 Å². The minimum atomic E-state index is -0.253. The minimum Gasteiger partial charge on any atom is -0.382 e. The van der Waals surface area contributed by atoms with Gasteiger partial charge in [0.15, 0.2) is 0 Å². The molecule has 0 saturated carbocycles. The summed E-state index contributed by atoms with van der Waals surface area (Å²) in [6, 6.07) is 7.83. The summed E-state index contributed by atoms with van der Waals surface area (Å²) in [4.78, 5) is 0. The SMILES string of the molecule is CC.CC.Nc1cc(-c2ccc(F)cc2)[nH]n1. The molecule has 0 bridgehead atoms. The van der Waals surface area contributed by atoms with Gasteiger partial charge in [0, 0.05) is 6.07 Å². The van der Waals surface area contributed by atoms with Gasteiger partial charge in [-0.25, -0.2) is 4.39 Å². The molecule has 4 heteroatoms. The average Bonchev–Trinajstić information content (AvgIpc) is 2.82. The maximum absolute atomic E-state index is 12.6. The van der Waals surface area contributed by atoms with Crippen molar-refractivity contribution in [2.24, 2.45) is 0 Å². The number of nitrogens with one attached hydrogen (secondary N) is 1. The van der Waals surface area contributed by atoms with Crippen LogP contribution in [0, 0.1) is 5.82 Å². The molecule has 94 valence electrons. The van der Waals surface area contributed by atoms with E-state index in [0.717, 1.165) is 11.3 Å². The molecule has 0 unspecified atom stereocenters. The number of aromatic amines is 1. The van der Waals surface area contributed by atoms with Gasteiger partial charge in [0.05, 0.1) is 5.69 Å². The summed E-state index contributed by atoms with van der Waals surface area (Å²) in [6.07, 6.45) is 0. The molecule has 0 aliphatic rings. The third-order valence-electron chi connectivity index (χ3n) is 1.75. The maximum atomic E-state index is 12.6. The van der Waals surface area contributed by atoms with Gasteiger partial charge in [0.25, 0.3) is 0 Å². The topological polar surface area (TPSA) is 54.7 Å². The fraction of sp³-hybridized carbons (Fsp3) is 0.308. The first-order valence-electron chi connectivity index (χ1n) is 5.82. The molecule has 1 aromatic carbocycles. The van der Waals surface area contributed by atoms with Gasteiger partial charge in [-0.15, -0.1) is 0 Å². The van der Waals surface area contributed by atoms with Crippen LogP contribution >= 0.6 is 0 Å². The van der Waals surface area contributed by atoms with Crippen LogP contribution in [-0.2, 0) is 0 Å². The van der Waals surface area contributed by atoms with Crippen molar-refractivity contribution in [1.82, 2.24) is 10.2 Å². The van der Waals surface area contributed by atoms with Crippen molar-refractivity contribution in [2.45, 2.75) is 27.7 Å². The predicted molar refractivity (Wildman–Crippen MR) is 71.1 cm³/mol. The number of H-pyrrole nitrogens is 1. The molecular weight excluding hydrogens is 217 g/mol.